The van der Waals surface area contributed by atoms with E-state index in [1.807, 2.05) is 18.2 Å². The molecular formula is C15H15N5O. The highest BCUT2D eigenvalue weighted by atomic mass is 16.2. The highest BCUT2D eigenvalue weighted by Gasteiger charge is 2.12. The predicted octanol–water partition coefficient (Wildman–Crippen LogP) is 1.95. The summed E-state index contributed by atoms with van der Waals surface area (Å²) in [5, 5.41) is 14.2. The van der Waals surface area contributed by atoms with Crippen molar-refractivity contribution in [1.82, 2.24) is 25.1 Å². The quantitative estimate of drug-likeness (QED) is 0.720. The second kappa shape index (κ2) is 5.32. The molecule has 0 saturated heterocycles. The number of tetrazole rings is 1. The number of amides is 1. The molecule has 0 aliphatic rings. The Kier molecular flexibility index (Phi) is 3.35. The molecule has 0 aliphatic carbocycles. The molecule has 0 bridgehead atoms. The maximum absolute atomic E-state index is 11.7. The second-order valence-electron chi connectivity index (χ2n) is 5.03. The highest BCUT2D eigenvalue weighted by molar-refractivity contribution is 5.83. The van der Waals surface area contributed by atoms with Crippen LogP contribution in [0.25, 0.3) is 10.8 Å². The van der Waals surface area contributed by atoms with Gasteiger partial charge in [-0.25, -0.2) is 4.79 Å². The number of aromatic nitrogens is 4. The topological polar surface area (TPSA) is 63.9 Å². The van der Waals surface area contributed by atoms with Gasteiger partial charge < -0.3 is 4.90 Å². The summed E-state index contributed by atoms with van der Waals surface area (Å²) in [6.07, 6.45) is 0.547. The molecule has 3 aromatic rings. The summed E-state index contributed by atoms with van der Waals surface area (Å²) in [6, 6.07) is 14.1. The van der Waals surface area contributed by atoms with Crippen molar-refractivity contribution in [3.8, 4) is 0 Å². The van der Waals surface area contributed by atoms with E-state index in [1.54, 1.807) is 14.1 Å². The minimum Gasteiger partial charge on any atom is -0.328 e. The van der Waals surface area contributed by atoms with Gasteiger partial charge in [0.25, 0.3) is 0 Å². The molecule has 0 saturated carbocycles. The molecule has 1 amide bonds. The molecule has 0 atom stereocenters. The molecule has 6 nitrogen and oxygen atoms in total. The van der Waals surface area contributed by atoms with Crippen molar-refractivity contribution < 1.29 is 4.79 Å². The third kappa shape index (κ3) is 2.74. The minimum absolute atomic E-state index is 0.313. The Morgan fingerprint density at radius 3 is 2.67 bits per heavy atom. The van der Waals surface area contributed by atoms with Crippen molar-refractivity contribution in [2.75, 3.05) is 14.1 Å². The van der Waals surface area contributed by atoms with Crippen LogP contribution < -0.4 is 0 Å². The number of carbonyl (C=O) groups is 1. The first-order chi connectivity index (χ1) is 10.1. The van der Waals surface area contributed by atoms with Crippen LogP contribution in [0.15, 0.2) is 42.5 Å². The summed E-state index contributed by atoms with van der Waals surface area (Å²) in [5.74, 6) is 0.528. The third-order valence-corrected chi connectivity index (χ3v) is 3.18. The SMILES string of the molecule is CN(C)C(=O)n1nnc(Cc2ccc3ccccc3c2)n1. The Labute approximate surface area is 122 Å². The third-order valence-electron chi connectivity index (χ3n) is 3.18. The first-order valence-corrected chi connectivity index (χ1v) is 6.62. The number of rotatable bonds is 2. The van der Waals surface area contributed by atoms with Crippen LogP contribution in [-0.2, 0) is 6.42 Å². The lowest BCUT2D eigenvalue weighted by molar-refractivity contribution is 0.211. The van der Waals surface area contributed by atoms with Gasteiger partial charge in [0.2, 0.25) is 0 Å². The number of carbonyl (C=O) groups excluding carboxylic acids is 1. The number of benzene rings is 2. The molecule has 2 aromatic carbocycles. The van der Waals surface area contributed by atoms with Crippen molar-refractivity contribution in [3.05, 3.63) is 53.9 Å². The van der Waals surface area contributed by atoms with Gasteiger partial charge in [-0.15, -0.1) is 10.2 Å². The lowest BCUT2D eigenvalue weighted by Crippen LogP contribution is -2.29. The first-order valence-electron chi connectivity index (χ1n) is 6.62. The maximum atomic E-state index is 11.7. The molecule has 0 aliphatic heterocycles. The van der Waals surface area contributed by atoms with Crippen molar-refractivity contribution in [3.63, 3.8) is 0 Å². The molecular weight excluding hydrogens is 266 g/mol. The molecule has 0 spiro atoms. The molecule has 0 radical (unpaired) electrons. The Morgan fingerprint density at radius 1 is 1.14 bits per heavy atom. The Hall–Kier alpha value is -2.76. The van der Waals surface area contributed by atoms with E-state index in [9.17, 15) is 4.79 Å². The van der Waals surface area contributed by atoms with Crippen LogP contribution in [-0.4, -0.2) is 45.2 Å². The summed E-state index contributed by atoms with van der Waals surface area (Å²) in [4.78, 5) is 14.1. The molecule has 21 heavy (non-hydrogen) atoms. The average molecular weight is 281 g/mol. The van der Waals surface area contributed by atoms with Crippen LogP contribution in [0.1, 0.15) is 11.4 Å². The largest absolute Gasteiger partial charge is 0.362 e. The summed E-state index contributed by atoms with van der Waals surface area (Å²) >= 11 is 0. The van der Waals surface area contributed by atoms with Gasteiger partial charge in [0.1, 0.15) is 0 Å². The molecule has 1 heterocycles. The molecule has 0 fully saturated rings. The van der Waals surface area contributed by atoms with Gasteiger partial charge >= 0.3 is 6.03 Å². The second-order valence-corrected chi connectivity index (χ2v) is 5.03. The zero-order chi connectivity index (χ0) is 14.8. The summed E-state index contributed by atoms with van der Waals surface area (Å²) in [6.45, 7) is 0. The first kappa shape index (κ1) is 13.2. The lowest BCUT2D eigenvalue weighted by Gasteiger charge is -2.06. The van der Waals surface area contributed by atoms with E-state index in [0.717, 1.165) is 10.4 Å². The van der Waals surface area contributed by atoms with E-state index in [-0.39, 0.29) is 6.03 Å². The van der Waals surface area contributed by atoms with Crippen LogP contribution in [0.5, 0.6) is 0 Å². The minimum atomic E-state index is -0.313. The zero-order valence-corrected chi connectivity index (χ0v) is 11.9. The Morgan fingerprint density at radius 2 is 1.90 bits per heavy atom. The fourth-order valence-electron chi connectivity index (χ4n) is 2.11. The predicted molar refractivity (Wildman–Crippen MR) is 79.1 cm³/mol. The van der Waals surface area contributed by atoms with E-state index >= 15 is 0 Å². The Balaban J connectivity index is 1.83. The fraction of sp³-hybridized carbons (Fsp3) is 0.200. The molecule has 106 valence electrons. The standard InChI is InChI=1S/C15H15N5O/c1-19(2)15(21)20-17-14(16-18-20)10-11-7-8-12-5-3-4-6-13(12)9-11/h3-9H,10H2,1-2H3. The van der Waals surface area contributed by atoms with Crippen LogP contribution in [0.2, 0.25) is 0 Å². The van der Waals surface area contributed by atoms with Crippen LogP contribution in [0, 0.1) is 0 Å². The Bertz CT molecular complexity index is 793. The van der Waals surface area contributed by atoms with Gasteiger partial charge in [0, 0.05) is 20.5 Å². The van der Waals surface area contributed by atoms with Crippen molar-refractivity contribution >= 4 is 16.8 Å². The molecule has 0 N–H and O–H groups in total. The number of hydrogen-bond donors (Lipinski definition) is 0. The van der Waals surface area contributed by atoms with Gasteiger partial charge in [0.15, 0.2) is 5.82 Å². The van der Waals surface area contributed by atoms with Gasteiger partial charge in [0.05, 0.1) is 0 Å². The van der Waals surface area contributed by atoms with Crippen molar-refractivity contribution in [1.29, 1.82) is 0 Å². The van der Waals surface area contributed by atoms with Crippen molar-refractivity contribution in [2.45, 2.75) is 6.42 Å². The molecule has 6 heteroatoms. The number of hydrogen-bond acceptors (Lipinski definition) is 4. The average Bonchev–Trinajstić information content (AvgIpc) is 2.94. The lowest BCUT2D eigenvalue weighted by atomic mass is 10.1. The molecule has 3 rings (SSSR count). The summed E-state index contributed by atoms with van der Waals surface area (Å²) < 4.78 is 0. The summed E-state index contributed by atoms with van der Waals surface area (Å²) in [5.41, 5.74) is 1.09. The van der Waals surface area contributed by atoms with E-state index in [4.69, 9.17) is 0 Å². The maximum Gasteiger partial charge on any atom is 0.362 e. The normalized spacial score (nSPS) is 10.8. The van der Waals surface area contributed by atoms with Gasteiger partial charge in [-0.05, 0) is 21.5 Å². The zero-order valence-electron chi connectivity index (χ0n) is 11.9. The molecule has 1 aromatic heterocycles. The number of nitrogens with zero attached hydrogens (tertiary/aromatic N) is 5. The van der Waals surface area contributed by atoms with Crippen molar-refractivity contribution in [2.24, 2.45) is 0 Å². The smallest absolute Gasteiger partial charge is 0.328 e. The van der Waals surface area contributed by atoms with Crippen LogP contribution >= 0.6 is 0 Å². The van der Waals surface area contributed by atoms with Gasteiger partial charge in [-0.2, -0.15) is 0 Å². The van der Waals surface area contributed by atoms with Gasteiger partial charge in [-0.1, -0.05) is 47.3 Å². The van der Waals surface area contributed by atoms with E-state index in [0.29, 0.717) is 12.2 Å². The summed E-state index contributed by atoms with van der Waals surface area (Å²) in [7, 11) is 3.30. The van der Waals surface area contributed by atoms with Crippen LogP contribution in [0.3, 0.4) is 0 Å². The molecule has 0 unspecified atom stereocenters. The van der Waals surface area contributed by atoms with E-state index in [2.05, 4.69) is 39.7 Å². The van der Waals surface area contributed by atoms with Gasteiger partial charge in [-0.3, -0.25) is 0 Å². The number of fused-ring (bicyclic) bond motifs is 1. The van der Waals surface area contributed by atoms with E-state index < -0.39 is 0 Å². The van der Waals surface area contributed by atoms with Crippen LogP contribution in [0.4, 0.5) is 4.79 Å². The van der Waals surface area contributed by atoms with E-state index in [1.165, 1.54) is 15.7 Å². The monoisotopic (exact) mass is 281 g/mol. The fourth-order valence-corrected chi connectivity index (χ4v) is 2.11. The highest BCUT2D eigenvalue weighted by Crippen LogP contribution is 2.16.